The van der Waals surface area contributed by atoms with Crippen molar-refractivity contribution in [2.45, 2.75) is 23.8 Å². The molecule has 1 aromatic rings. The van der Waals surface area contributed by atoms with Crippen molar-refractivity contribution in [3.63, 3.8) is 0 Å². The van der Waals surface area contributed by atoms with E-state index in [1.165, 1.54) is 18.2 Å². The van der Waals surface area contributed by atoms with E-state index in [1.807, 2.05) is 0 Å². The molecule has 0 aliphatic carbocycles. The first-order chi connectivity index (χ1) is 9.99. The topological polar surface area (TPSA) is 87.3 Å². The number of hydrogen-bond donors (Lipinski definition) is 3. The summed E-state index contributed by atoms with van der Waals surface area (Å²) in [5, 5.41) is 5.92. The largest absolute Gasteiger partial charge is 0.352 e. The van der Waals surface area contributed by atoms with Gasteiger partial charge >= 0.3 is 0 Å². The second kappa shape index (κ2) is 6.97. The third-order valence-corrected chi connectivity index (χ3v) is 4.69. The highest BCUT2D eigenvalue weighted by Crippen LogP contribution is 2.12. The summed E-state index contributed by atoms with van der Waals surface area (Å²) < 4.78 is 39.4. The molecule has 1 atom stereocenters. The Labute approximate surface area is 123 Å². The molecule has 1 aliphatic heterocycles. The van der Waals surface area contributed by atoms with Crippen LogP contribution in [0.15, 0.2) is 29.2 Å². The molecule has 1 heterocycles. The molecule has 1 amide bonds. The van der Waals surface area contributed by atoms with Crippen LogP contribution in [-0.4, -0.2) is 40.0 Å². The minimum absolute atomic E-state index is 0.0180. The van der Waals surface area contributed by atoms with Gasteiger partial charge in [-0.1, -0.05) is 12.1 Å². The normalized spacial score (nSPS) is 18.6. The Bertz CT molecular complexity index is 600. The van der Waals surface area contributed by atoms with Crippen molar-refractivity contribution in [3.05, 3.63) is 30.1 Å². The predicted molar refractivity (Wildman–Crippen MR) is 75.6 cm³/mol. The van der Waals surface area contributed by atoms with Crippen LogP contribution in [0.3, 0.4) is 0 Å². The van der Waals surface area contributed by atoms with E-state index in [2.05, 4.69) is 15.4 Å². The third-order valence-electron chi connectivity index (χ3n) is 3.20. The Morgan fingerprint density at radius 1 is 1.38 bits per heavy atom. The van der Waals surface area contributed by atoms with Crippen LogP contribution >= 0.6 is 0 Å². The quantitative estimate of drug-likeness (QED) is 0.688. The molecule has 2 rings (SSSR count). The molecular formula is C13H18FN3O3S. The summed E-state index contributed by atoms with van der Waals surface area (Å²) >= 11 is 0. The number of hydrogen-bond acceptors (Lipinski definition) is 4. The van der Waals surface area contributed by atoms with Crippen LogP contribution in [0.2, 0.25) is 0 Å². The van der Waals surface area contributed by atoms with Gasteiger partial charge in [-0.15, -0.1) is 0 Å². The average Bonchev–Trinajstić information content (AvgIpc) is 2.91. The minimum Gasteiger partial charge on any atom is -0.352 e. The number of halogens is 1. The number of rotatable bonds is 6. The molecule has 1 unspecified atom stereocenters. The number of sulfonamides is 1. The lowest BCUT2D eigenvalue weighted by molar-refractivity contribution is -0.121. The third kappa shape index (κ3) is 4.48. The summed E-state index contributed by atoms with van der Waals surface area (Å²) in [7, 11) is -3.93. The highest BCUT2D eigenvalue weighted by molar-refractivity contribution is 7.89. The zero-order chi connectivity index (χ0) is 15.3. The summed E-state index contributed by atoms with van der Waals surface area (Å²) in [4.78, 5) is 11.2. The Balaban J connectivity index is 1.82. The first kappa shape index (κ1) is 15.9. The monoisotopic (exact) mass is 315 g/mol. The maximum Gasteiger partial charge on any atom is 0.243 e. The Kier molecular flexibility index (Phi) is 5.27. The molecule has 0 saturated carbocycles. The van der Waals surface area contributed by atoms with Gasteiger partial charge in [-0.3, -0.25) is 4.79 Å². The Hall–Kier alpha value is -1.51. The van der Waals surface area contributed by atoms with Gasteiger partial charge in [0, 0.05) is 25.6 Å². The lowest BCUT2D eigenvalue weighted by Gasteiger charge is -2.11. The second-order valence-corrected chi connectivity index (χ2v) is 6.57. The van der Waals surface area contributed by atoms with Crippen molar-refractivity contribution in [1.82, 2.24) is 15.4 Å². The molecule has 0 spiro atoms. The van der Waals surface area contributed by atoms with Gasteiger partial charge in [-0.05, 0) is 25.1 Å². The smallest absolute Gasteiger partial charge is 0.243 e. The highest BCUT2D eigenvalue weighted by atomic mass is 32.2. The van der Waals surface area contributed by atoms with Gasteiger partial charge in [0.2, 0.25) is 15.9 Å². The van der Waals surface area contributed by atoms with Crippen LogP contribution in [-0.2, 0) is 14.8 Å². The predicted octanol–water partition coefficient (Wildman–Crippen LogP) is -0.0278. The molecule has 0 bridgehead atoms. The lowest BCUT2D eigenvalue weighted by Crippen LogP contribution is -2.38. The van der Waals surface area contributed by atoms with Crippen molar-refractivity contribution in [3.8, 4) is 0 Å². The molecule has 1 aliphatic rings. The van der Waals surface area contributed by atoms with Crippen LogP contribution in [0, 0.1) is 5.82 Å². The van der Waals surface area contributed by atoms with Crippen LogP contribution in [0.4, 0.5) is 4.39 Å². The molecule has 0 aromatic heterocycles. The zero-order valence-electron chi connectivity index (χ0n) is 11.4. The number of amides is 1. The van der Waals surface area contributed by atoms with E-state index in [1.54, 1.807) is 0 Å². The average molecular weight is 315 g/mol. The fraction of sp³-hybridized carbons (Fsp3) is 0.462. The van der Waals surface area contributed by atoms with Crippen molar-refractivity contribution < 1.29 is 17.6 Å². The summed E-state index contributed by atoms with van der Waals surface area (Å²) in [5.74, 6) is -1.04. The van der Waals surface area contributed by atoms with Crippen LogP contribution in [0.1, 0.15) is 12.8 Å². The van der Waals surface area contributed by atoms with Gasteiger partial charge in [0.1, 0.15) is 10.7 Å². The van der Waals surface area contributed by atoms with Crippen LogP contribution in [0.25, 0.3) is 0 Å². The van der Waals surface area contributed by atoms with E-state index < -0.39 is 20.7 Å². The molecule has 0 radical (unpaired) electrons. The summed E-state index contributed by atoms with van der Waals surface area (Å²) in [6.45, 7) is 1.53. The van der Waals surface area contributed by atoms with Crippen LogP contribution < -0.4 is 15.4 Å². The maximum absolute atomic E-state index is 13.4. The molecule has 8 heteroatoms. The zero-order valence-corrected chi connectivity index (χ0v) is 12.2. The van der Waals surface area contributed by atoms with E-state index in [9.17, 15) is 17.6 Å². The molecule has 21 heavy (non-hydrogen) atoms. The van der Waals surface area contributed by atoms with Crippen molar-refractivity contribution >= 4 is 15.9 Å². The van der Waals surface area contributed by atoms with Gasteiger partial charge in [0.05, 0.1) is 0 Å². The SMILES string of the molecule is O=C(CCNS(=O)(=O)c1ccccc1F)NC1CCNC1. The van der Waals surface area contributed by atoms with Crippen molar-refractivity contribution in [2.75, 3.05) is 19.6 Å². The van der Waals surface area contributed by atoms with E-state index in [0.29, 0.717) is 0 Å². The van der Waals surface area contributed by atoms with Gasteiger partial charge < -0.3 is 10.6 Å². The molecule has 1 fully saturated rings. The van der Waals surface area contributed by atoms with Crippen molar-refractivity contribution in [2.24, 2.45) is 0 Å². The molecular weight excluding hydrogens is 297 g/mol. The fourth-order valence-corrected chi connectivity index (χ4v) is 3.23. The first-order valence-corrected chi connectivity index (χ1v) is 8.21. The van der Waals surface area contributed by atoms with Crippen molar-refractivity contribution in [1.29, 1.82) is 0 Å². The lowest BCUT2D eigenvalue weighted by atomic mass is 10.2. The first-order valence-electron chi connectivity index (χ1n) is 6.73. The van der Waals surface area contributed by atoms with Gasteiger partial charge in [-0.25, -0.2) is 17.5 Å². The summed E-state index contributed by atoms with van der Waals surface area (Å²) in [6, 6.07) is 5.21. The molecule has 1 aromatic carbocycles. The van der Waals surface area contributed by atoms with E-state index in [4.69, 9.17) is 0 Å². The summed E-state index contributed by atoms with van der Waals surface area (Å²) in [5.41, 5.74) is 0. The molecule has 6 nitrogen and oxygen atoms in total. The molecule has 1 saturated heterocycles. The molecule has 3 N–H and O–H groups in total. The minimum atomic E-state index is -3.93. The van der Waals surface area contributed by atoms with Gasteiger partial charge in [0.15, 0.2) is 0 Å². The number of benzene rings is 1. The van der Waals surface area contributed by atoms with E-state index >= 15 is 0 Å². The Morgan fingerprint density at radius 3 is 2.81 bits per heavy atom. The maximum atomic E-state index is 13.4. The standard InChI is InChI=1S/C13H18FN3O3S/c14-11-3-1-2-4-12(11)21(19,20)16-8-6-13(18)17-10-5-7-15-9-10/h1-4,10,15-16H,5-9H2,(H,17,18). The summed E-state index contributed by atoms with van der Waals surface area (Å²) in [6.07, 6.45) is 0.886. The fourth-order valence-electron chi connectivity index (χ4n) is 2.12. The van der Waals surface area contributed by atoms with Gasteiger partial charge in [-0.2, -0.15) is 0 Å². The Morgan fingerprint density at radius 2 is 2.14 bits per heavy atom. The van der Waals surface area contributed by atoms with Crippen LogP contribution in [0.5, 0.6) is 0 Å². The highest BCUT2D eigenvalue weighted by Gasteiger charge is 2.19. The molecule has 116 valence electrons. The number of carbonyl (C=O) groups is 1. The van der Waals surface area contributed by atoms with E-state index in [0.717, 1.165) is 25.6 Å². The second-order valence-electron chi connectivity index (χ2n) is 4.84. The number of carbonyl (C=O) groups excluding carboxylic acids is 1. The number of nitrogens with one attached hydrogen (secondary N) is 3. The van der Waals surface area contributed by atoms with Gasteiger partial charge in [0.25, 0.3) is 0 Å². The van der Waals surface area contributed by atoms with E-state index in [-0.39, 0.29) is 24.9 Å².